The Morgan fingerprint density at radius 2 is 2.05 bits per heavy atom. The number of amides is 2. The average Bonchev–Trinajstić information content (AvgIpc) is 2.53. The average molecular weight is 290 g/mol. The molecule has 0 saturated carbocycles. The van der Waals surface area contributed by atoms with Crippen molar-refractivity contribution in [2.45, 2.75) is 12.8 Å². The number of ether oxygens (including phenoxy) is 1. The van der Waals surface area contributed by atoms with Crippen LogP contribution in [0, 0.1) is 5.92 Å². The minimum atomic E-state index is -0.363. The lowest BCUT2D eigenvalue weighted by atomic mass is 9.97. The van der Waals surface area contributed by atoms with E-state index in [1.807, 2.05) is 0 Å². The number of hydrogen-bond acceptors (Lipinski definition) is 4. The first-order chi connectivity index (χ1) is 10.1. The Morgan fingerprint density at radius 3 is 2.67 bits per heavy atom. The van der Waals surface area contributed by atoms with Crippen molar-refractivity contribution in [1.29, 1.82) is 0 Å². The van der Waals surface area contributed by atoms with Crippen LogP contribution in [0.3, 0.4) is 0 Å². The zero-order valence-corrected chi connectivity index (χ0v) is 11.7. The smallest absolute Gasteiger partial charge is 0.260 e. The summed E-state index contributed by atoms with van der Waals surface area (Å²) in [7, 11) is 0. The molecular formula is C15H18N2O4. The van der Waals surface area contributed by atoms with Gasteiger partial charge in [-0.05, 0) is 37.1 Å². The van der Waals surface area contributed by atoms with Crippen molar-refractivity contribution in [3.63, 3.8) is 0 Å². The molecule has 2 rings (SSSR count). The molecule has 6 nitrogen and oxygen atoms in total. The predicted molar refractivity (Wildman–Crippen MR) is 75.8 cm³/mol. The zero-order valence-electron chi connectivity index (χ0n) is 11.7. The Bertz CT molecular complexity index is 527. The van der Waals surface area contributed by atoms with E-state index in [1.165, 1.54) is 0 Å². The first kappa shape index (κ1) is 15.0. The molecule has 1 unspecified atom stereocenters. The molecule has 1 aromatic rings. The third-order valence-corrected chi connectivity index (χ3v) is 3.55. The zero-order chi connectivity index (χ0) is 15.2. The first-order valence-corrected chi connectivity index (χ1v) is 6.85. The molecular weight excluding hydrogens is 272 g/mol. The second kappa shape index (κ2) is 6.88. The lowest BCUT2D eigenvalue weighted by Crippen LogP contribution is -2.45. The molecule has 1 atom stereocenters. The van der Waals surface area contributed by atoms with E-state index in [9.17, 15) is 14.4 Å². The number of nitrogens with zero attached hydrogens (tertiary/aromatic N) is 1. The Morgan fingerprint density at radius 1 is 1.33 bits per heavy atom. The van der Waals surface area contributed by atoms with E-state index in [0.717, 1.165) is 19.1 Å². The summed E-state index contributed by atoms with van der Waals surface area (Å²) >= 11 is 0. The van der Waals surface area contributed by atoms with Gasteiger partial charge in [-0.2, -0.15) is 0 Å². The van der Waals surface area contributed by atoms with Crippen molar-refractivity contribution in [2.75, 3.05) is 19.7 Å². The van der Waals surface area contributed by atoms with Gasteiger partial charge in [-0.3, -0.25) is 14.4 Å². The molecule has 1 aliphatic rings. The molecule has 0 aromatic heterocycles. The quantitative estimate of drug-likeness (QED) is 0.804. The molecule has 2 N–H and O–H groups in total. The molecule has 1 heterocycles. The van der Waals surface area contributed by atoms with Gasteiger partial charge in [0.25, 0.3) is 5.91 Å². The fraction of sp³-hybridized carbons (Fsp3) is 0.400. The van der Waals surface area contributed by atoms with Crippen LogP contribution in [0.2, 0.25) is 0 Å². The minimum Gasteiger partial charge on any atom is -0.484 e. The predicted octanol–water partition coefficient (Wildman–Crippen LogP) is 0.602. The third-order valence-electron chi connectivity index (χ3n) is 3.55. The van der Waals surface area contributed by atoms with Gasteiger partial charge in [0.1, 0.15) is 12.0 Å². The molecule has 1 aliphatic heterocycles. The number of rotatable bonds is 5. The van der Waals surface area contributed by atoms with Crippen LogP contribution in [0.4, 0.5) is 0 Å². The number of nitrogens with two attached hydrogens (primary N) is 1. The second-order valence-corrected chi connectivity index (χ2v) is 5.06. The molecule has 0 radical (unpaired) electrons. The van der Waals surface area contributed by atoms with Gasteiger partial charge in [0.2, 0.25) is 5.91 Å². The van der Waals surface area contributed by atoms with Gasteiger partial charge in [-0.25, -0.2) is 0 Å². The summed E-state index contributed by atoms with van der Waals surface area (Å²) in [4.78, 5) is 35.4. The maximum absolute atomic E-state index is 12.1. The molecule has 6 heteroatoms. The molecule has 1 saturated heterocycles. The normalized spacial score (nSPS) is 18.1. The highest BCUT2D eigenvalue weighted by atomic mass is 16.5. The number of hydrogen-bond donors (Lipinski definition) is 1. The lowest BCUT2D eigenvalue weighted by molar-refractivity contribution is -0.136. The summed E-state index contributed by atoms with van der Waals surface area (Å²) in [6.45, 7) is 0.892. The molecule has 112 valence electrons. The van der Waals surface area contributed by atoms with Crippen LogP contribution in [0.25, 0.3) is 0 Å². The number of primary amides is 1. The molecule has 1 aromatic carbocycles. The Hall–Kier alpha value is -2.37. The van der Waals surface area contributed by atoms with Crippen LogP contribution < -0.4 is 10.5 Å². The highest BCUT2D eigenvalue weighted by Crippen LogP contribution is 2.17. The summed E-state index contributed by atoms with van der Waals surface area (Å²) in [6.07, 6.45) is 2.24. The lowest BCUT2D eigenvalue weighted by Gasteiger charge is -2.31. The molecule has 0 spiro atoms. The van der Waals surface area contributed by atoms with Crippen molar-refractivity contribution in [3.05, 3.63) is 29.8 Å². The number of likely N-dealkylation sites (tertiary alicyclic amines) is 1. The Labute approximate surface area is 122 Å². The number of piperidine rings is 1. The number of aldehydes is 1. The fourth-order valence-electron chi connectivity index (χ4n) is 2.31. The van der Waals surface area contributed by atoms with Gasteiger partial charge >= 0.3 is 0 Å². The van der Waals surface area contributed by atoms with E-state index >= 15 is 0 Å². The Balaban J connectivity index is 1.85. The van der Waals surface area contributed by atoms with Gasteiger partial charge in [0.05, 0.1) is 5.92 Å². The van der Waals surface area contributed by atoms with Gasteiger partial charge in [0, 0.05) is 18.7 Å². The van der Waals surface area contributed by atoms with Gasteiger partial charge in [0.15, 0.2) is 6.61 Å². The first-order valence-electron chi connectivity index (χ1n) is 6.85. The van der Waals surface area contributed by atoms with Gasteiger partial charge in [-0.1, -0.05) is 0 Å². The van der Waals surface area contributed by atoms with Crippen molar-refractivity contribution in [2.24, 2.45) is 11.7 Å². The van der Waals surface area contributed by atoms with Crippen LogP contribution in [0.1, 0.15) is 23.2 Å². The maximum Gasteiger partial charge on any atom is 0.260 e. The SMILES string of the molecule is NC(=O)C1CCCN(C(=O)COc2ccc(C=O)cc2)C1. The van der Waals surface area contributed by atoms with Crippen molar-refractivity contribution in [3.8, 4) is 5.75 Å². The standard InChI is InChI=1S/C15H18N2O4/c16-15(20)12-2-1-7-17(8-12)14(19)10-21-13-5-3-11(9-18)4-6-13/h3-6,9,12H,1-2,7-8,10H2,(H2,16,20). The van der Waals surface area contributed by atoms with Crippen molar-refractivity contribution >= 4 is 18.1 Å². The molecule has 1 fully saturated rings. The van der Waals surface area contributed by atoms with Crippen LogP contribution in [-0.2, 0) is 9.59 Å². The highest BCUT2D eigenvalue weighted by Gasteiger charge is 2.26. The monoisotopic (exact) mass is 290 g/mol. The van der Waals surface area contributed by atoms with E-state index < -0.39 is 0 Å². The van der Waals surface area contributed by atoms with Crippen LogP contribution in [0.5, 0.6) is 5.75 Å². The molecule has 0 bridgehead atoms. The van der Waals surface area contributed by atoms with E-state index in [1.54, 1.807) is 29.2 Å². The number of benzene rings is 1. The topological polar surface area (TPSA) is 89.7 Å². The summed E-state index contributed by atoms with van der Waals surface area (Å²) in [5.41, 5.74) is 5.84. The van der Waals surface area contributed by atoms with E-state index in [2.05, 4.69) is 0 Å². The minimum absolute atomic E-state index is 0.0914. The Kier molecular flexibility index (Phi) is 4.92. The molecule has 0 aliphatic carbocycles. The van der Waals surface area contributed by atoms with E-state index in [4.69, 9.17) is 10.5 Å². The number of carbonyl (C=O) groups excluding carboxylic acids is 3. The van der Waals surface area contributed by atoms with Gasteiger partial charge < -0.3 is 15.4 Å². The summed E-state index contributed by atoms with van der Waals surface area (Å²) in [6, 6.07) is 6.52. The molecule has 21 heavy (non-hydrogen) atoms. The van der Waals surface area contributed by atoms with E-state index in [0.29, 0.717) is 24.4 Å². The van der Waals surface area contributed by atoms with Crippen LogP contribution in [-0.4, -0.2) is 42.7 Å². The third kappa shape index (κ3) is 4.05. The fourth-order valence-corrected chi connectivity index (χ4v) is 2.31. The van der Waals surface area contributed by atoms with Crippen LogP contribution >= 0.6 is 0 Å². The molecule has 2 amide bonds. The van der Waals surface area contributed by atoms with Gasteiger partial charge in [-0.15, -0.1) is 0 Å². The second-order valence-electron chi connectivity index (χ2n) is 5.06. The van der Waals surface area contributed by atoms with E-state index in [-0.39, 0.29) is 24.3 Å². The van der Waals surface area contributed by atoms with Crippen molar-refractivity contribution < 1.29 is 19.1 Å². The summed E-state index contributed by atoms with van der Waals surface area (Å²) in [5.74, 6) is -0.273. The summed E-state index contributed by atoms with van der Waals surface area (Å²) < 4.78 is 5.39. The summed E-state index contributed by atoms with van der Waals surface area (Å²) in [5, 5.41) is 0. The van der Waals surface area contributed by atoms with Crippen molar-refractivity contribution in [1.82, 2.24) is 4.90 Å². The maximum atomic E-state index is 12.1. The highest BCUT2D eigenvalue weighted by molar-refractivity contribution is 5.81. The van der Waals surface area contributed by atoms with Crippen LogP contribution in [0.15, 0.2) is 24.3 Å². The largest absolute Gasteiger partial charge is 0.484 e. The number of carbonyl (C=O) groups is 3.